The van der Waals surface area contributed by atoms with Crippen molar-refractivity contribution in [2.45, 2.75) is 54.1 Å². The number of aromatic nitrogens is 2. The van der Waals surface area contributed by atoms with Crippen molar-refractivity contribution in [2.75, 3.05) is 24.6 Å². The first kappa shape index (κ1) is 21.2. The first-order valence-electron chi connectivity index (χ1n) is 8.97. The maximum atomic E-state index is 11.9. The molecule has 9 heteroatoms. The van der Waals surface area contributed by atoms with Crippen LogP contribution in [0, 0.1) is 0 Å². The summed E-state index contributed by atoms with van der Waals surface area (Å²) in [6.45, 7) is 3.42. The number of allylic oxidation sites excluding steroid dienone is 1. The molecule has 1 aromatic rings. The van der Waals surface area contributed by atoms with Crippen LogP contribution in [0.3, 0.4) is 0 Å². The van der Waals surface area contributed by atoms with Gasteiger partial charge in [0.1, 0.15) is 0 Å². The molecular weight excluding hydrogens is 388 g/mol. The molecule has 1 aliphatic carbocycles. The lowest BCUT2D eigenvalue weighted by atomic mass is 9.97. The molecule has 0 aromatic carbocycles. The van der Waals surface area contributed by atoms with Gasteiger partial charge in [-0.2, -0.15) is 0 Å². The monoisotopic (exact) mass is 414 g/mol. The summed E-state index contributed by atoms with van der Waals surface area (Å²) in [5.74, 6) is 0.716. The van der Waals surface area contributed by atoms with Crippen molar-refractivity contribution in [3.8, 4) is 0 Å². The zero-order valence-electron chi connectivity index (χ0n) is 15.1. The van der Waals surface area contributed by atoms with Crippen LogP contribution in [0.15, 0.2) is 20.3 Å². The average Bonchev–Trinajstić information content (AvgIpc) is 3.12. The van der Waals surface area contributed by atoms with Gasteiger partial charge in [-0.25, -0.2) is 0 Å². The first-order valence-corrected chi connectivity index (χ1v) is 11.8. The minimum absolute atomic E-state index is 0.00807. The number of amides is 2. The van der Waals surface area contributed by atoms with E-state index >= 15 is 0 Å². The molecule has 2 rings (SSSR count). The Bertz CT molecular complexity index is 619. The molecule has 0 spiro atoms. The predicted octanol–water partition coefficient (Wildman–Crippen LogP) is 3.26. The Morgan fingerprint density at radius 2 is 1.73 bits per heavy atom. The van der Waals surface area contributed by atoms with Gasteiger partial charge in [0, 0.05) is 13.1 Å². The fourth-order valence-electron chi connectivity index (χ4n) is 2.43. The number of carbonyl (C=O) groups excluding carboxylic acids is 2. The number of carbonyl (C=O) groups is 2. The molecule has 1 aromatic heterocycles. The van der Waals surface area contributed by atoms with Gasteiger partial charge in [-0.3, -0.25) is 9.59 Å². The first-order chi connectivity index (χ1) is 12.7. The van der Waals surface area contributed by atoms with Crippen molar-refractivity contribution < 1.29 is 9.59 Å². The van der Waals surface area contributed by atoms with E-state index in [2.05, 4.69) is 26.9 Å². The zero-order chi connectivity index (χ0) is 18.6. The van der Waals surface area contributed by atoms with Gasteiger partial charge >= 0.3 is 0 Å². The van der Waals surface area contributed by atoms with E-state index < -0.39 is 0 Å². The molecule has 0 aliphatic heterocycles. The second-order valence-electron chi connectivity index (χ2n) is 5.97. The highest BCUT2D eigenvalue weighted by Crippen LogP contribution is 2.28. The predicted molar refractivity (Wildman–Crippen MR) is 109 cm³/mol. The van der Waals surface area contributed by atoms with Crippen molar-refractivity contribution in [3.63, 3.8) is 0 Å². The third-order valence-corrected chi connectivity index (χ3v) is 6.96. The molecular formula is C17H26N4O2S3. The van der Waals surface area contributed by atoms with E-state index in [4.69, 9.17) is 0 Å². The number of nitrogens with one attached hydrogen (secondary N) is 2. The van der Waals surface area contributed by atoms with E-state index in [0.29, 0.717) is 24.6 Å². The third-order valence-electron chi connectivity index (χ3n) is 3.77. The van der Waals surface area contributed by atoms with Crippen molar-refractivity contribution in [3.05, 3.63) is 11.6 Å². The molecule has 0 saturated heterocycles. The lowest BCUT2D eigenvalue weighted by Gasteiger charge is -2.12. The van der Waals surface area contributed by atoms with Crippen LogP contribution in [0.4, 0.5) is 0 Å². The van der Waals surface area contributed by atoms with E-state index in [9.17, 15) is 9.59 Å². The lowest BCUT2D eigenvalue weighted by Crippen LogP contribution is -2.26. The summed E-state index contributed by atoms with van der Waals surface area (Å²) < 4.78 is 1.51. The van der Waals surface area contributed by atoms with Gasteiger partial charge in [0.25, 0.3) is 0 Å². The number of nitrogens with zero attached hydrogens (tertiary/aromatic N) is 2. The maximum absolute atomic E-state index is 11.9. The fourth-order valence-corrected chi connectivity index (χ4v) is 5.11. The molecule has 0 atom stereocenters. The number of hydrogen-bond acceptors (Lipinski definition) is 7. The van der Waals surface area contributed by atoms with Crippen LogP contribution >= 0.6 is 34.9 Å². The summed E-state index contributed by atoms with van der Waals surface area (Å²) in [4.78, 5) is 23.5. The summed E-state index contributed by atoms with van der Waals surface area (Å²) in [7, 11) is 0. The quantitative estimate of drug-likeness (QED) is 0.427. The summed E-state index contributed by atoms with van der Waals surface area (Å²) in [6.07, 6.45) is 9.10. The maximum Gasteiger partial charge on any atom is 0.230 e. The van der Waals surface area contributed by atoms with Crippen LogP contribution in [0.25, 0.3) is 0 Å². The zero-order valence-corrected chi connectivity index (χ0v) is 17.5. The number of thioether (sulfide) groups is 2. The largest absolute Gasteiger partial charge is 0.355 e. The van der Waals surface area contributed by atoms with E-state index in [1.165, 1.54) is 66.1 Å². The molecule has 1 heterocycles. The van der Waals surface area contributed by atoms with Crippen LogP contribution in [0.5, 0.6) is 0 Å². The van der Waals surface area contributed by atoms with Crippen LogP contribution in [-0.4, -0.2) is 46.6 Å². The molecule has 26 heavy (non-hydrogen) atoms. The second kappa shape index (κ2) is 12.3. The minimum Gasteiger partial charge on any atom is -0.355 e. The molecule has 0 unspecified atom stereocenters. The number of hydrogen-bond donors (Lipinski definition) is 2. The third kappa shape index (κ3) is 8.55. The lowest BCUT2D eigenvalue weighted by molar-refractivity contribution is -0.119. The summed E-state index contributed by atoms with van der Waals surface area (Å²) in [6, 6.07) is 0. The molecule has 2 N–H and O–H groups in total. The Hall–Kier alpha value is -1.06. The van der Waals surface area contributed by atoms with Gasteiger partial charge in [-0.1, -0.05) is 53.4 Å². The van der Waals surface area contributed by atoms with E-state index in [1.54, 1.807) is 0 Å². The van der Waals surface area contributed by atoms with Gasteiger partial charge in [-0.15, -0.1) is 10.2 Å². The standard InChI is InChI=1S/C17H26N4O2S3/c1-2-9-18-14(22)11-24-16-20-21-17(26-16)25-12-15(23)19-10-8-13-6-4-3-5-7-13/h6H,2-5,7-12H2,1H3,(H,18,22)(H,19,23). The van der Waals surface area contributed by atoms with Gasteiger partial charge in [0.15, 0.2) is 8.68 Å². The van der Waals surface area contributed by atoms with Crippen molar-refractivity contribution in [1.29, 1.82) is 0 Å². The Kier molecular flexibility index (Phi) is 10.1. The summed E-state index contributed by atoms with van der Waals surface area (Å²) in [5.41, 5.74) is 1.47. The molecule has 144 valence electrons. The highest BCUT2D eigenvalue weighted by atomic mass is 32.2. The average molecular weight is 415 g/mol. The molecule has 6 nitrogen and oxygen atoms in total. The molecule has 0 radical (unpaired) electrons. The molecule has 1 aliphatic rings. The highest BCUT2D eigenvalue weighted by Gasteiger charge is 2.10. The Morgan fingerprint density at radius 3 is 2.31 bits per heavy atom. The van der Waals surface area contributed by atoms with E-state index in [1.807, 2.05) is 6.92 Å². The molecule has 2 amide bonds. The van der Waals surface area contributed by atoms with Crippen LogP contribution < -0.4 is 10.6 Å². The van der Waals surface area contributed by atoms with Crippen molar-refractivity contribution >= 4 is 46.7 Å². The topological polar surface area (TPSA) is 84.0 Å². The Labute approximate surface area is 167 Å². The van der Waals surface area contributed by atoms with Crippen LogP contribution in [0.1, 0.15) is 45.4 Å². The van der Waals surface area contributed by atoms with E-state index in [0.717, 1.165) is 21.5 Å². The van der Waals surface area contributed by atoms with Crippen molar-refractivity contribution in [2.24, 2.45) is 0 Å². The normalized spacial score (nSPS) is 14.0. The fraction of sp³-hybridized carbons (Fsp3) is 0.647. The van der Waals surface area contributed by atoms with E-state index in [-0.39, 0.29) is 11.8 Å². The summed E-state index contributed by atoms with van der Waals surface area (Å²) in [5, 5.41) is 13.9. The van der Waals surface area contributed by atoms with Gasteiger partial charge in [0.05, 0.1) is 11.5 Å². The highest BCUT2D eigenvalue weighted by molar-refractivity contribution is 8.03. The van der Waals surface area contributed by atoms with Gasteiger partial charge < -0.3 is 10.6 Å². The van der Waals surface area contributed by atoms with Gasteiger partial charge in [-0.05, 0) is 38.5 Å². The SMILES string of the molecule is CCCNC(=O)CSc1nnc(SCC(=O)NCCC2=CCCCC2)s1. The molecule has 0 bridgehead atoms. The van der Waals surface area contributed by atoms with Gasteiger partial charge in [0.2, 0.25) is 11.8 Å². The minimum atomic E-state index is 0.00807. The molecule has 0 fully saturated rings. The smallest absolute Gasteiger partial charge is 0.230 e. The Balaban J connectivity index is 1.60. The summed E-state index contributed by atoms with van der Waals surface area (Å²) >= 11 is 4.19. The van der Waals surface area contributed by atoms with Crippen LogP contribution in [-0.2, 0) is 9.59 Å². The van der Waals surface area contributed by atoms with Crippen molar-refractivity contribution in [1.82, 2.24) is 20.8 Å². The second-order valence-corrected chi connectivity index (χ2v) is 9.39. The number of rotatable bonds is 11. The molecule has 0 saturated carbocycles. The Morgan fingerprint density at radius 1 is 1.08 bits per heavy atom. The van der Waals surface area contributed by atoms with Crippen LogP contribution in [0.2, 0.25) is 0 Å².